The maximum atomic E-state index is 12.9. The Labute approximate surface area is 163 Å². The lowest BCUT2D eigenvalue weighted by molar-refractivity contribution is -0.156. The summed E-state index contributed by atoms with van der Waals surface area (Å²) in [5, 5.41) is 3.53. The Morgan fingerprint density at radius 2 is 2.14 bits per heavy atom. The van der Waals surface area contributed by atoms with Crippen LogP contribution in [0.5, 0.6) is 0 Å². The second-order valence-corrected chi connectivity index (χ2v) is 7.68. The highest BCUT2D eigenvalue weighted by atomic mass is 32.1. The number of likely N-dealkylation sites (tertiary alicyclic amines) is 1. The van der Waals surface area contributed by atoms with Gasteiger partial charge in [0, 0.05) is 37.7 Å². The minimum atomic E-state index is -4.62. The molecule has 2 aromatic rings. The van der Waals surface area contributed by atoms with Gasteiger partial charge >= 0.3 is 6.18 Å². The number of aliphatic imine (C=N–C) groups is 1. The van der Waals surface area contributed by atoms with Crippen molar-refractivity contribution in [2.45, 2.75) is 32.9 Å². The minimum absolute atomic E-state index is 0.00756. The van der Waals surface area contributed by atoms with Gasteiger partial charge < -0.3 is 9.42 Å². The normalized spacial score (nSPS) is 18.0. The molecular weight excluding hydrogens is 395 g/mol. The zero-order valence-electron chi connectivity index (χ0n) is 15.2. The molecule has 1 aliphatic heterocycles. The van der Waals surface area contributed by atoms with Crippen molar-refractivity contribution in [1.29, 1.82) is 0 Å². The van der Waals surface area contributed by atoms with Crippen molar-refractivity contribution in [2.24, 2.45) is 10.9 Å². The van der Waals surface area contributed by atoms with Crippen LogP contribution < -0.4 is 0 Å². The van der Waals surface area contributed by atoms with Crippen LogP contribution in [0.4, 0.5) is 13.2 Å². The van der Waals surface area contributed by atoms with Crippen LogP contribution in [0.25, 0.3) is 10.6 Å². The van der Waals surface area contributed by atoms with E-state index in [1.807, 2.05) is 0 Å². The molecule has 0 aromatic carbocycles. The number of carbonyl (C=O) groups is 2. The molecule has 1 fully saturated rings. The summed E-state index contributed by atoms with van der Waals surface area (Å²) in [5.41, 5.74) is -0.0201. The summed E-state index contributed by atoms with van der Waals surface area (Å²) < 4.78 is 43.1. The number of carbonyl (C=O) groups excluding carboxylic acids is 2. The van der Waals surface area contributed by atoms with Crippen LogP contribution in [0.2, 0.25) is 0 Å². The van der Waals surface area contributed by atoms with Crippen molar-refractivity contribution in [2.75, 3.05) is 13.1 Å². The van der Waals surface area contributed by atoms with Crippen LogP contribution in [0, 0.1) is 12.8 Å². The first kappa shape index (κ1) is 20.2. The molecule has 1 unspecified atom stereocenters. The van der Waals surface area contributed by atoms with E-state index in [4.69, 9.17) is 0 Å². The van der Waals surface area contributed by atoms with Gasteiger partial charge in [0.2, 0.25) is 11.7 Å². The molecule has 1 aliphatic rings. The van der Waals surface area contributed by atoms with Crippen LogP contribution in [0.15, 0.2) is 21.6 Å². The first-order valence-corrected chi connectivity index (χ1v) is 9.46. The number of piperidine rings is 1. The Hall–Kier alpha value is -2.49. The third-order valence-electron chi connectivity index (χ3n) is 4.44. The third kappa shape index (κ3) is 4.32. The van der Waals surface area contributed by atoms with E-state index in [9.17, 15) is 22.8 Å². The lowest BCUT2D eigenvalue weighted by Crippen LogP contribution is -2.40. The van der Waals surface area contributed by atoms with Gasteiger partial charge in [0.1, 0.15) is 5.69 Å². The number of amides is 2. The van der Waals surface area contributed by atoms with Crippen LogP contribution in [-0.2, 0) is 11.0 Å². The Bertz CT molecular complexity index is 917. The number of hydrogen-bond acceptors (Lipinski definition) is 5. The molecule has 3 rings (SSSR count). The van der Waals surface area contributed by atoms with Crippen molar-refractivity contribution in [3.63, 3.8) is 0 Å². The van der Waals surface area contributed by atoms with E-state index >= 15 is 0 Å². The zero-order valence-corrected chi connectivity index (χ0v) is 16.1. The molecule has 0 N–H and O–H groups in total. The quantitative estimate of drug-likeness (QED) is 0.707. The summed E-state index contributed by atoms with van der Waals surface area (Å²) in [6.45, 7) is 3.69. The van der Waals surface area contributed by atoms with Crippen LogP contribution in [0.3, 0.4) is 0 Å². The monoisotopic (exact) mass is 413 g/mol. The fourth-order valence-electron chi connectivity index (χ4n) is 3.09. The molecule has 150 valence electrons. The summed E-state index contributed by atoms with van der Waals surface area (Å²) in [6, 6.07) is 3.15. The van der Waals surface area contributed by atoms with Crippen LogP contribution >= 0.6 is 11.3 Å². The number of halogens is 3. The summed E-state index contributed by atoms with van der Waals surface area (Å²) >= 11 is 1.08. The number of alkyl halides is 3. The molecule has 1 saturated heterocycles. The van der Waals surface area contributed by atoms with Gasteiger partial charge in [-0.05, 0) is 31.9 Å². The second kappa shape index (κ2) is 7.86. The van der Waals surface area contributed by atoms with Gasteiger partial charge in [-0.15, -0.1) is 11.3 Å². The molecule has 1 atom stereocenters. The number of nitrogens with zero attached hydrogens (tertiary/aromatic N) is 3. The molecule has 0 aliphatic carbocycles. The van der Waals surface area contributed by atoms with E-state index in [2.05, 4.69) is 14.7 Å². The van der Waals surface area contributed by atoms with Crippen LogP contribution in [0.1, 0.15) is 40.8 Å². The topological polar surface area (TPSA) is 75.8 Å². The van der Waals surface area contributed by atoms with E-state index in [0.717, 1.165) is 24.2 Å². The van der Waals surface area contributed by atoms with Crippen molar-refractivity contribution in [3.8, 4) is 10.6 Å². The van der Waals surface area contributed by atoms with E-state index in [1.165, 1.54) is 13.8 Å². The third-order valence-corrected chi connectivity index (χ3v) is 5.52. The highest BCUT2D eigenvalue weighted by Gasteiger charge is 2.39. The van der Waals surface area contributed by atoms with E-state index in [1.54, 1.807) is 23.2 Å². The summed E-state index contributed by atoms with van der Waals surface area (Å²) in [5.74, 6) is -1.61. The Morgan fingerprint density at radius 1 is 1.39 bits per heavy atom. The van der Waals surface area contributed by atoms with Gasteiger partial charge in [-0.3, -0.25) is 9.59 Å². The molecule has 10 heteroatoms. The summed E-state index contributed by atoms with van der Waals surface area (Å²) in [7, 11) is 0. The Morgan fingerprint density at radius 3 is 2.79 bits per heavy atom. The van der Waals surface area contributed by atoms with Crippen molar-refractivity contribution in [3.05, 3.63) is 28.3 Å². The average molecular weight is 413 g/mol. The second-order valence-electron chi connectivity index (χ2n) is 6.60. The van der Waals surface area contributed by atoms with Gasteiger partial charge in [0.15, 0.2) is 0 Å². The fourth-order valence-corrected chi connectivity index (χ4v) is 4.10. The summed E-state index contributed by atoms with van der Waals surface area (Å²) in [6.07, 6.45) is -1.40. The highest BCUT2D eigenvalue weighted by molar-refractivity contribution is 7.17. The molecular formula is C18H18F3N3O3S. The molecule has 0 bridgehead atoms. The smallest absolute Gasteiger partial charge is 0.351 e. The predicted molar refractivity (Wildman–Crippen MR) is 97.4 cm³/mol. The number of aromatic nitrogens is 1. The molecule has 0 saturated carbocycles. The largest absolute Gasteiger partial charge is 0.452 e. The number of hydrogen-bond donors (Lipinski definition) is 0. The van der Waals surface area contributed by atoms with Gasteiger partial charge in [-0.2, -0.15) is 13.2 Å². The molecule has 2 aromatic heterocycles. The number of rotatable bonds is 3. The molecule has 6 nitrogen and oxygen atoms in total. The minimum Gasteiger partial charge on any atom is -0.351 e. The number of thiophene rings is 1. The standard InChI is InChI=1S/C18H18F3N3O3S/c1-10-15(23-27-16(10)18(19,20)21)13-5-6-14(28-13)17(26)24-7-3-4-12(9-24)8-22-11(2)25/h5-6,8,12H,3-4,7,9H2,1-2H3. The molecule has 0 spiro atoms. The lowest BCUT2D eigenvalue weighted by Gasteiger charge is -2.30. The van der Waals surface area contributed by atoms with Gasteiger partial charge in [-0.1, -0.05) is 5.16 Å². The maximum Gasteiger partial charge on any atom is 0.452 e. The fraction of sp³-hybridized carbons (Fsp3) is 0.444. The van der Waals surface area contributed by atoms with Gasteiger partial charge in [-0.25, -0.2) is 4.99 Å². The predicted octanol–water partition coefficient (Wildman–Crippen LogP) is 4.20. The molecule has 2 amide bonds. The SMILES string of the molecule is CC(=O)N=CC1CCCN(C(=O)c2ccc(-c3noc(C(F)(F)F)c3C)s2)C1. The van der Waals surface area contributed by atoms with Crippen molar-refractivity contribution < 1.29 is 27.3 Å². The molecule has 3 heterocycles. The summed E-state index contributed by atoms with van der Waals surface area (Å²) in [4.78, 5) is 30.1. The van der Waals surface area contributed by atoms with Crippen LogP contribution in [-0.4, -0.2) is 41.2 Å². The average Bonchev–Trinajstić information content (AvgIpc) is 3.25. The Kier molecular flexibility index (Phi) is 5.69. The lowest BCUT2D eigenvalue weighted by atomic mass is 9.99. The van der Waals surface area contributed by atoms with E-state index in [-0.39, 0.29) is 29.0 Å². The molecule has 28 heavy (non-hydrogen) atoms. The van der Waals surface area contributed by atoms with Gasteiger partial charge in [0.05, 0.1) is 9.75 Å². The van der Waals surface area contributed by atoms with Crippen molar-refractivity contribution in [1.82, 2.24) is 10.1 Å². The van der Waals surface area contributed by atoms with E-state index in [0.29, 0.717) is 22.8 Å². The first-order valence-electron chi connectivity index (χ1n) is 8.64. The van der Waals surface area contributed by atoms with Gasteiger partial charge in [0.25, 0.3) is 5.91 Å². The Balaban J connectivity index is 1.76. The van der Waals surface area contributed by atoms with E-state index < -0.39 is 11.9 Å². The first-order chi connectivity index (χ1) is 13.2. The van der Waals surface area contributed by atoms with Crippen molar-refractivity contribution >= 4 is 29.4 Å². The highest BCUT2D eigenvalue weighted by Crippen LogP contribution is 2.38. The maximum absolute atomic E-state index is 12.9. The molecule has 0 radical (unpaired) electrons. The zero-order chi connectivity index (χ0) is 20.5.